The van der Waals surface area contributed by atoms with Gasteiger partial charge in [0, 0.05) is 25.0 Å². The van der Waals surface area contributed by atoms with Crippen LogP contribution in [0.1, 0.15) is 16.1 Å². The second kappa shape index (κ2) is 9.56. The Morgan fingerprint density at radius 3 is 2.47 bits per heavy atom. The van der Waals surface area contributed by atoms with Crippen LogP contribution in [0.4, 0.5) is 24.5 Å². The van der Waals surface area contributed by atoms with Crippen molar-refractivity contribution in [2.75, 3.05) is 12.4 Å². The van der Waals surface area contributed by atoms with Crippen molar-refractivity contribution in [2.24, 2.45) is 10.7 Å². The fraction of sp³-hybridized carbons (Fsp3) is 0.0952. The second-order valence-corrected chi connectivity index (χ2v) is 6.77. The summed E-state index contributed by atoms with van der Waals surface area (Å²) in [5.41, 5.74) is 5.56. The first kappa shape index (κ1) is 22.9. The minimum absolute atomic E-state index is 0.0903. The largest absolute Gasteiger partial charge is 0.457 e. The summed E-state index contributed by atoms with van der Waals surface area (Å²) in [6.45, 7) is 0. The molecule has 1 amide bonds. The van der Waals surface area contributed by atoms with E-state index < -0.39 is 16.8 Å². The Morgan fingerprint density at radius 1 is 1.09 bits per heavy atom. The van der Waals surface area contributed by atoms with Crippen LogP contribution in [0.15, 0.2) is 65.8 Å². The van der Waals surface area contributed by atoms with E-state index in [0.29, 0.717) is 17.2 Å². The van der Waals surface area contributed by atoms with Gasteiger partial charge in [0.25, 0.3) is 5.91 Å². The fourth-order valence-electron chi connectivity index (χ4n) is 2.59. The molecule has 0 saturated heterocycles. The van der Waals surface area contributed by atoms with E-state index in [0.717, 1.165) is 12.1 Å². The number of aliphatic imine (C=N–C) groups is 1. The molecule has 0 fully saturated rings. The number of nitrogens with two attached hydrogens (primary N) is 1. The number of nitrogens with one attached hydrogen (secondary N) is 2. The molecule has 7 nitrogen and oxygen atoms in total. The van der Waals surface area contributed by atoms with Gasteiger partial charge in [-0.25, -0.2) is 4.99 Å². The number of pyridine rings is 1. The van der Waals surface area contributed by atoms with Gasteiger partial charge in [0.2, 0.25) is 0 Å². The lowest BCUT2D eigenvalue weighted by Gasteiger charge is -2.12. The Morgan fingerprint density at radius 2 is 1.81 bits per heavy atom. The van der Waals surface area contributed by atoms with Crippen molar-refractivity contribution in [1.82, 2.24) is 10.3 Å². The Kier molecular flexibility index (Phi) is 6.84. The number of halogens is 4. The van der Waals surface area contributed by atoms with Crippen molar-refractivity contribution < 1.29 is 22.7 Å². The highest BCUT2D eigenvalue weighted by Crippen LogP contribution is 2.36. The molecule has 0 bridgehead atoms. The van der Waals surface area contributed by atoms with Gasteiger partial charge in [-0.1, -0.05) is 11.6 Å². The number of hydrogen-bond acceptors (Lipinski definition) is 4. The molecule has 0 spiro atoms. The maximum Gasteiger partial charge on any atom is 0.417 e. The summed E-state index contributed by atoms with van der Waals surface area (Å²) in [5, 5.41) is 4.67. The molecule has 0 aliphatic heterocycles. The van der Waals surface area contributed by atoms with Crippen molar-refractivity contribution in [3.8, 4) is 11.5 Å². The Bertz CT molecular complexity index is 1150. The van der Waals surface area contributed by atoms with Crippen LogP contribution < -0.4 is 21.1 Å². The van der Waals surface area contributed by atoms with Gasteiger partial charge in [0.1, 0.15) is 17.2 Å². The maximum atomic E-state index is 13.0. The molecule has 0 aliphatic carbocycles. The average Bonchev–Trinajstić information content (AvgIpc) is 2.75. The third-order valence-corrected chi connectivity index (χ3v) is 4.39. The molecule has 1 aromatic heterocycles. The number of anilines is 1. The topological polar surface area (TPSA) is 102 Å². The summed E-state index contributed by atoms with van der Waals surface area (Å²) < 4.78 is 44.6. The first-order valence-electron chi connectivity index (χ1n) is 9.09. The SMILES string of the molecule is CNC(=O)c1cc(Oc2ccc(N=C(N)Nc3ccc(Cl)c(C(F)(F)F)c3)cc2)ccn1. The molecular formula is C21H17ClF3N5O2. The number of guanidine groups is 1. The molecule has 0 radical (unpaired) electrons. The number of aromatic nitrogens is 1. The van der Waals surface area contributed by atoms with Gasteiger partial charge >= 0.3 is 6.18 Å². The molecule has 4 N–H and O–H groups in total. The molecule has 0 saturated carbocycles. The average molecular weight is 464 g/mol. The van der Waals surface area contributed by atoms with E-state index in [2.05, 4.69) is 20.6 Å². The monoisotopic (exact) mass is 463 g/mol. The number of amides is 1. The van der Waals surface area contributed by atoms with Crippen molar-refractivity contribution in [1.29, 1.82) is 0 Å². The first-order valence-corrected chi connectivity index (χ1v) is 9.47. The van der Waals surface area contributed by atoms with E-state index >= 15 is 0 Å². The van der Waals surface area contributed by atoms with Gasteiger partial charge in [-0.3, -0.25) is 9.78 Å². The first-order chi connectivity index (χ1) is 15.2. The molecule has 1 heterocycles. The number of carbonyl (C=O) groups is 1. The molecule has 11 heteroatoms. The minimum atomic E-state index is -4.59. The van der Waals surface area contributed by atoms with Gasteiger partial charge < -0.3 is 21.1 Å². The molecule has 0 aliphatic rings. The molecular weight excluding hydrogens is 447 g/mol. The predicted octanol–water partition coefficient (Wildman–Crippen LogP) is 4.96. The molecule has 3 rings (SSSR count). The van der Waals surface area contributed by atoms with E-state index in [-0.39, 0.29) is 23.2 Å². The number of nitrogens with zero attached hydrogens (tertiary/aromatic N) is 2. The van der Waals surface area contributed by atoms with Crippen LogP contribution in [0.5, 0.6) is 11.5 Å². The predicted molar refractivity (Wildman–Crippen MR) is 116 cm³/mol. The maximum absolute atomic E-state index is 13.0. The van der Waals surface area contributed by atoms with Crippen molar-refractivity contribution in [3.05, 3.63) is 77.1 Å². The van der Waals surface area contributed by atoms with E-state index in [4.69, 9.17) is 22.1 Å². The van der Waals surface area contributed by atoms with Crippen molar-refractivity contribution in [3.63, 3.8) is 0 Å². The summed E-state index contributed by atoms with van der Waals surface area (Å²) in [5.74, 6) is 0.431. The van der Waals surface area contributed by atoms with Crippen LogP contribution in [0.3, 0.4) is 0 Å². The van der Waals surface area contributed by atoms with Crippen LogP contribution in [0.25, 0.3) is 0 Å². The number of carbonyl (C=O) groups excluding carboxylic acids is 1. The highest BCUT2D eigenvalue weighted by atomic mass is 35.5. The lowest BCUT2D eigenvalue weighted by Crippen LogP contribution is -2.22. The number of benzene rings is 2. The number of hydrogen-bond donors (Lipinski definition) is 3. The van der Waals surface area contributed by atoms with E-state index in [1.807, 2.05) is 0 Å². The lowest BCUT2D eigenvalue weighted by atomic mass is 10.2. The quantitative estimate of drug-likeness (QED) is 0.366. The third kappa shape index (κ3) is 5.88. The zero-order valence-electron chi connectivity index (χ0n) is 16.6. The third-order valence-electron chi connectivity index (χ3n) is 4.06. The Hall–Kier alpha value is -3.79. The van der Waals surface area contributed by atoms with Crippen molar-refractivity contribution >= 4 is 34.8 Å². The van der Waals surface area contributed by atoms with Crippen LogP contribution in [-0.4, -0.2) is 23.9 Å². The molecule has 0 unspecified atom stereocenters. The number of rotatable bonds is 5. The summed E-state index contributed by atoms with van der Waals surface area (Å²) in [6.07, 6.45) is -3.14. The summed E-state index contributed by atoms with van der Waals surface area (Å²) in [7, 11) is 1.50. The number of alkyl halides is 3. The normalized spacial score (nSPS) is 11.7. The molecule has 2 aromatic carbocycles. The van der Waals surface area contributed by atoms with Gasteiger partial charge in [-0.2, -0.15) is 13.2 Å². The zero-order chi connectivity index (χ0) is 23.3. The van der Waals surface area contributed by atoms with Crippen LogP contribution in [0.2, 0.25) is 5.02 Å². The van der Waals surface area contributed by atoms with Gasteiger partial charge in [0.15, 0.2) is 5.96 Å². The van der Waals surface area contributed by atoms with E-state index in [9.17, 15) is 18.0 Å². The zero-order valence-corrected chi connectivity index (χ0v) is 17.3. The molecule has 32 heavy (non-hydrogen) atoms. The minimum Gasteiger partial charge on any atom is -0.457 e. The van der Waals surface area contributed by atoms with Gasteiger partial charge in [-0.15, -0.1) is 0 Å². The van der Waals surface area contributed by atoms with Crippen molar-refractivity contribution in [2.45, 2.75) is 6.18 Å². The highest BCUT2D eigenvalue weighted by molar-refractivity contribution is 6.31. The standard InChI is InChI=1S/C21H17ClF3N5O2/c1-27-19(31)18-11-15(8-9-28-18)32-14-5-2-12(3-6-14)29-20(26)30-13-4-7-17(22)16(10-13)21(23,24)25/h2-11H,1H3,(H,27,31)(H3,26,29,30). The Balaban J connectivity index is 1.69. The summed E-state index contributed by atoms with van der Waals surface area (Å²) in [6, 6.07) is 12.9. The van der Waals surface area contributed by atoms with Crippen LogP contribution in [-0.2, 0) is 6.18 Å². The van der Waals surface area contributed by atoms with Crippen LogP contribution in [0, 0.1) is 0 Å². The molecule has 166 valence electrons. The second-order valence-electron chi connectivity index (χ2n) is 6.37. The van der Waals surface area contributed by atoms with E-state index in [1.54, 1.807) is 30.3 Å². The van der Waals surface area contributed by atoms with Crippen LogP contribution >= 0.6 is 11.6 Å². The van der Waals surface area contributed by atoms with E-state index in [1.165, 1.54) is 25.4 Å². The summed E-state index contributed by atoms with van der Waals surface area (Å²) >= 11 is 5.61. The summed E-state index contributed by atoms with van der Waals surface area (Å²) in [4.78, 5) is 19.7. The van der Waals surface area contributed by atoms with Gasteiger partial charge in [-0.05, 0) is 48.5 Å². The molecule has 0 atom stereocenters. The number of ether oxygens (including phenoxy) is 1. The smallest absolute Gasteiger partial charge is 0.417 e. The Labute approximate surface area is 186 Å². The fourth-order valence-corrected chi connectivity index (χ4v) is 2.81. The lowest BCUT2D eigenvalue weighted by molar-refractivity contribution is -0.137. The highest BCUT2D eigenvalue weighted by Gasteiger charge is 2.33. The van der Waals surface area contributed by atoms with Gasteiger partial charge in [0.05, 0.1) is 16.3 Å². The molecule has 3 aromatic rings.